The SMILES string of the molecule is CCC(CC)C(O)C(O)c1cccc2ncccc12. The van der Waals surface area contributed by atoms with Crippen LogP contribution in [0.3, 0.4) is 0 Å². The fourth-order valence-electron chi connectivity index (χ4n) is 2.60. The Morgan fingerprint density at radius 1 is 1.05 bits per heavy atom. The van der Waals surface area contributed by atoms with Crippen LogP contribution in [0.4, 0.5) is 0 Å². The number of fused-ring (bicyclic) bond motifs is 1. The third-order valence-electron chi connectivity index (χ3n) is 3.85. The Morgan fingerprint density at radius 3 is 2.47 bits per heavy atom. The first-order valence-electron chi connectivity index (χ1n) is 6.88. The highest BCUT2D eigenvalue weighted by atomic mass is 16.3. The van der Waals surface area contributed by atoms with E-state index in [0.29, 0.717) is 0 Å². The third kappa shape index (κ3) is 2.77. The zero-order valence-electron chi connectivity index (χ0n) is 11.5. The Labute approximate surface area is 113 Å². The van der Waals surface area contributed by atoms with Gasteiger partial charge in [-0.3, -0.25) is 4.98 Å². The second-order valence-electron chi connectivity index (χ2n) is 4.93. The molecule has 2 rings (SSSR count). The molecule has 0 saturated heterocycles. The minimum absolute atomic E-state index is 0.113. The van der Waals surface area contributed by atoms with Gasteiger partial charge in [-0.15, -0.1) is 0 Å². The molecule has 0 spiro atoms. The van der Waals surface area contributed by atoms with Crippen molar-refractivity contribution in [3.8, 4) is 0 Å². The molecule has 1 aromatic carbocycles. The lowest BCUT2D eigenvalue weighted by atomic mass is 9.88. The molecule has 0 bridgehead atoms. The number of hydrogen-bond acceptors (Lipinski definition) is 3. The van der Waals surface area contributed by atoms with Crippen molar-refractivity contribution < 1.29 is 10.2 Å². The molecule has 2 N–H and O–H groups in total. The Balaban J connectivity index is 2.38. The van der Waals surface area contributed by atoms with Crippen LogP contribution in [0.2, 0.25) is 0 Å². The molecule has 102 valence electrons. The zero-order chi connectivity index (χ0) is 13.8. The van der Waals surface area contributed by atoms with Crippen molar-refractivity contribution >= 4 is 10.9 Å². The highest BCUT2D eigenvalue weighted by Gasteiger charge is 2.26. The van der Waals surface area contributed by atoms with Crippen LogP contribution in [0.15, 0.2) is 36.5 Å². The fraction of sp³-hybridized carbons (Fsp3) is 0.438. The predicted molar refractivity (Wildman–Crippen MR) is 76.8 cm³/mol. The van der Waals surface area contributed by atoms with Crippen LogP contribution in [-0.2, 0) is 0 Å². The van der Waals surface area contributed by atoms with Crippen molar-refractivity contribution in [1.29, 1.82) is 0 Å². The average molecular weight is 259 g/mol. The minimum atomic E-state index is -0.863. The molecule has 0 fully saturated rings. The van der Waals surface area contributed by atoms with Crippen molar-refractivity contribution in [2.75, 3.05) is 0 Å². The summed E-state index contributed by atoms with van der Waals surface area (Å²) in [5.41, 5.74) is 1.60. The summed E-state index contributed by atoms with van der Waals surface area (Å²) in [7, 11) is 0. The van der Waals surface area contributed by atoms with Gasteiger partial charge in [0.25, 0.3) is 0 Å². The normalized spacial score (nSPS) is 14.8. The van der Waals surface area contributed by atoms with Crippen LogP contribution in [0.5, 0.6) is 0 Å². The van der Waals surface area contributed by atoms with E-state index in [4.69, 9.17) is 0 Å². The molecule has 2 aromatic rings. The topological polar surface area (TPSA) is 53.4 Å². The Kier molecular flexibility index (Phi) is 4.51. The number of hydrogen-bond donors (Lipinski definition) is 2. The molecule has 0 amide bonds. The van der Waals surface area contributed by atoms with Crippen molar-refractivity contribution in [3.63, 3.8) is 0 Å². The van der Waals surface area contributed by atoms with E-state index in [9.17, 15) is 10.2 Å². The Hall–Kier alpha value is -1.45. The monoisotopic (exact) mass is 259 g/mol. The van der Waals surface area contributed by atoms with Gasteiger partial charge in [0.2, 0.25) is 0 Å². The number of benzene rings is 1. The summed E-state index contributed by atoms with van der Waals surface area (Å²) in [5, 5.41) is 21.7. The maximum atomic E-state index is 10.4. The molecule has 1 heterocycles. The maximum absolute atomic E-state index is 10.4. The summed E-state index contributed by atoms with van der Waals surface area (Å²) in [6.07, 6.45) is 1.85. The van der Waals surface area contributed by atoms with Gasteiger partial charge in [0, 0.05) is 11.6 Å². The second kappa shape index (κ2) is 6.13. The Bertz CT molecular complexity index is 532. The van der Waals surface area contributed by atoms with Gasteiger partial charge in [0.15, 0.2) is 0 Å². The van der Waals surface area contributed by atoms with E-state index in [1.165, 1.54) is 0 Å². The molecule has 1 aromatic heterocycles. The smallest absolute Gasteiger partial charge is 0.106 e. The summed E-state index contributed by atoms with van der Waals surface area (Å²) in [5.74, 6) is 0.113. The van der Waals surface area contributed by atoms with Gasteiger partial charge in [-0.1, -0.05) is 44.9 Å². The van der Waals surface area contributed by atoms with E-state index >= 15 is 0 Å². The van der Waals surface area contributed by atoms with E-state index in [0.717, 1.165) is 29.3 Å². The lowest BCUT2D eigenvalue weighted by molar-refractivity contribution is -0.0202. The van der Waals surface area contributed by atoms with Gasteiger partial charge in [-0.2, -0.15) is 0 Å². The molecule has 0 aliphatic carbocycles. The van der Waals surface area contributed by atoms with Crippen LogP contribution in [0, 0.1) is 5.92 Å². The lowest BCUT2D eigenvalue weighted by Gasteiger charge is -2.26. The van der Waals surface area contributed by atoms with Gasteiger partial charge < -0.3 is 10.2 Å². The van der Waals surface area contributed by atoms with Crippen molar-refractivity contribution in [2.24, 2.45) is 5.92 Å². The molecule has 0 radical (unpaired) electrons. The van der Waals surface area contributed by atoms with Crippen LogP contribution < -0.4 is 0 Å². The summed E-state index contributed by atoms with van der Waals surface area (Å²) in [4.78, 5) is 4.28. The first-order chi connectivity index (χ1) is 9.19. The van der Waals surface area contributed by atoms with Crippen LogP contribution >= 0.6 is 0 Å². The van der Waals surface area contributed by atoms with E-state index < -0.39 is 12.2 Å². The summed E-state index contributed by atoms with van der Waals surface area (Å²) in [6, 6.07) is 9.42. The highest BCUT2D eigenvalue weighted by Crippen LogP contribution is 2.30. The van der Waals surface area contributed by atoms with E-state index in [-0.39, 0.29) is 5.92 Å². The van der Waals surface area contributed by atoms with E-state index in [1.807, 2.05) is 44.2 Å². The van der Waals surface area contributed by atoms with E-state index in [2.05, 4.69) is 4.98 Å². The molecular formula is C16H21NO2. The van der Waals surface area contributed by atoms with Gasteiger partial charge >= 0.3 is 0 Å². The Morgan fingerprint density at radius 2 is 1.79 bits per heavy atom. The van der Waals surface area contributed by atoms with Crippen LogP contribution in [0.25, 0.3) is 10.9 Å². The summed E-state index contributed by atoms with van der Waals surface area (Å²) < 4.78 is 0. The number of pyridine rings is 1. The van der Waals surface area contributed by atoms with Gasteiger partial charge in [0.05, 0.1) is 11.6 Å². The number of aromatic nitrogens is 1. The molecule has 0 saturated carbocycles. The third-order valence-corrected chi connectivity index (χ3v) is 3.85. The summed E-state index contributed by atoms with van der Waals surface area (Å²) >= 11 is 0. The van der Waals surface area contributed by atoms with Crippen molar-refractivity contribution in [1.82, 2.24) is 4.98 Å². The lowest BCUT2D eigenvalue weighted by Crippen LogP contribution is -2.27. The molecule has 0 aliphatic heterocycles. The molecule has 2 atom stereocenters. The molecule has 3 heteroatoms. The number of nitrogens with zero attached hydrogens (tertiary/aromatic N) is 1. The molecular weight excluding hydrogens is 238 g/mol. The minimum Gasteiger partial charge on any atom is -0.390 e. The highest BCUT2D eigenvalue weighted by molar-refractivity contribution is 5.82. The fourth-order valence-corrected chi connectivity index (χ4v) is 2.60. The average Bonchev–Trinajstić information content (AvgIpc) is 2.47. The van der Waals surface area contributed by atoms with E-state index in [1.54, 1.807) is 6.20 Å². The molecule has 2 unspecified atom stereocenters. The summed E-state index contributed by atoms with van der Waals surface area (Å²) in [6.45, 7) is 4.07. The maximum Gasteiger partial charge on any atom is 0.106 e. The van der Waals surface area contributed by atoms with Crippen molar-refractivity contribution in [3.05, 3.63) is 42.1 Å². The van der Waals surface area contributed by atoms with Gasteiger partial charge in [0.1, 0.15) is 6.10 Å². The largest absolute Gasteiger partial charge is 0.390 e. The number of aliphatic hydroxyl groups excluding tert-OH is 2. The first kappa shape index (κ1) is 14.0. The van der Waals surface area contributed by atoms with Crippen molar-refractivity contribution in [2.45, 2.75) is 38.9 Å². The second-order valence-corrected chi connectivity index (χ2v) is 4.93. The standard InChI is InChI=1S/C16H21NO2/c1-3-11(4-2)15(18)16(19)13-7-5-9-14-12(13)8-6-10-17-14/h5-11,15-16,18-19H,3-4H2,1-2H3. The van der Waals surface area contributed by atoms with Gasteiger partial charge in [-0.25, -0.2) is 0 Å². The van der Waals surface area contributed by atoms with Gasteiger partial charge in [-0.05, 0) is 23.6 Å². The molecule has 0 aliphatic rings. The van der Waals surface area contributed by atoms with Crippen LogP contribution in [-0.4, -0.2) is 21.3 Å². The number of rotatable bonds is 5. The quantitative estimate of drug-likeness (QED) is 0.867. The molecule has 3 nitrogen and oxygen atoms in total. The zero-order valence-corrected chi connectivity index (χ0v) is 11.5. The predicted octanol–water partition coefficient (Wildman–Crippen LogP) is 3.07. The van der Waals surface area contributed by atoms with Crippen LogP contribution in [0.1, 0.15) is 38.4 Å². The molecule has 19 heavy (non-hydrogen) atoms. The number of aliphatic hydroxyl groups is 2. The first-order valence-corrected chi connectivity index (χ1v) is 6.88.